The van der Waals surface area contributed by atoms with Crippen LogP contribution in [0.3, 0.4) is 0 Å². The van der Waals surface area contributed by atoms with Gasteiger partial charge in [-0.05, 0) is 30.6 Å². The first-order valence-corrected chi connectivity index (χ1v) is 8.98. The van der Waals surface area contributed by atoms with E-state index in [1.807, 2.05) is 4.90 Å². The number of fused-ring (bicyclic) bond motifs is 1. The van der Waals surface area contributed by atoms with Crippen molar-refractivity contribution in [1.82, 2.24) is 9.80 Å². The topological polar surface area (TPSA) is 42.0 Å². The maximum atomic E-state index is 12.9. The van der Waals surface area contributed by atoms with Crippen LogP contribution in [0.2, 0.25) is 0 Å². The number of morpholine rings is 1. The van der Waals surface area contributed by atoms with E-state index in [2.05, 4.69) is 4.90 Å². The first-order chi connectivity index (χ1) is 10.8. The SMILES string of the molecule is O=C([C@@H]1COC[C@@H]2CN(CC3CCC3)C[C@@H]21)N1CCOCC1. The standard InChI is InChI=1S/C17H28N2O3/c20-17(19-4-6-21-7-5-19)16-12-22-11-14-9-18(10-15(14)16)8-13-2-1-3-13/h13-16H,1-12H2/t14-,15-,16+/m0/s1. The predicted molar refractivity (Wildman–Crippen MR) is 82.5 cm³/mol. The first kappa shape index (κ1) is 14.9. The van der Waals surface area contributed by atoms with Crippen molar-refractivity contribution in [3.63, 3.8) is 0 Å². The molecular formula is C17H28N2O3. The van der Waals surface area contributed by atoms with Gasteiger partial charge in [-0.2, -0.15) is 0 Å². The van der Waals surface area contributed by atoms with Crippen LogP contribution in [0.4, 0.5) is 0 Å². The van der Waals surface area contributed by atoms with Gasteiger partial charge in [0.2, 0.25) is 5.91 Å². The van der Waals surface area contributed by atoms with E-state index >= 15 is 0 Å². The smallest absolute Gasteiger partial charge is 0.228 e. The van der Waals surface area contributed by atoms with Gasteiger partial charge in [0.25, 0.3) is 0 Å². The molecule has 0 aromatic rings. The van der Waals surface area contributed by atoms with Crippen LogP contribution < -0.4 is 0 Å². The number of carbonyl (C=O) groups excluding carboxylic acids is 1. The minimum Gasteiger partial charge on any atom is -0.380 e. The summed E-state index contributed by atoms with van der Waals surface area (Å²) >= 11 is 0. The lowest BCUT2D eigenvalue weighted by Crippen LogP contribution is -2.49. The van der Waals surface area contributed by atoms with Crippen LogP contribution in [0.1, 0.15) is 19.3 Å². The fourth-order valence-electron chi connectivity index (χ4n) is 4.55. The molecular weight excluding hydrogens is 280 g/mol. The molecule has 22 heavy (non-hydrogen) atoms. The Labute approximate surface area is 132 Å². The highest BCUT2D eigenvalue weighted by Gasteiger charge is 2.45. The Morgan fingerprint density at radius 2 is 1.86 bits per heavy atom. The van der Waals surface area contributed by atoms with Crippen molar-refractivity contribution in [3.8, 4) is 0 Å². The van der Waals surface area contributed by atoms with E-state index in [0.717, 1.165) is 38.7 Å². The normalized spacial score (nSPS) is 36.9. The van der Waals surface area contributed by atoms with Gasteiger partial charge in [0.15, 0.2) is 0 Å². The zero-order valence-electron chi connectivity index (χ0n) is 13.4. The van der Waals surface area contributed by atoms with E-state index in [4.69, 9.17) is 9.47 Å². The van der Waals surface area contributed by atoms with Crippen molar-refractivity contribution in [2.45, 2.75) is 19.3 Å². The Balaban J connectivity index is 1.38. The minimum absolute atomic E-state index is 0.0724. The van der Waals surface area contributed by atoms with Crippen LogP contribution in [0.5, 0.6) is 0 Å². The maximum absolute atomic E-state index is 12.9. The molecule has 3 atom stereocenters. The summed E-state index contributed by atoms with van der Waals surface area (Å²) in [6, 6.07) is 0. The van der Waals surface area contributed by atoms with Crippen LogP contribution in [0.25, 0.3) is 0 Å². The molecule has 5 nitrogen and oxygen atoms in total. The molecule has 4 aliphatic rings. The molecule has 3 heterocycles. The van der Waals surface area contributed by atoms with E-state index in [0.29, 0.717) is 37.6 Å². The van der Waals surface area contributed by atoms with Crippen molar-refractivity contribution in [2.24, 2.45) is 23.7 Å². The molecule has 4 fully saturated rings. The molecule has 4 rings (SSSR count). The van der Waals surface area contributed by atoms with Gasteiger partial charge in [-0.25, -0.2) is 0 Å². The second-order valence-corrected chi connectivity index (χ2v) is 7.52. The molecule has 5 heteroatoms. The summed E-state index contributed by atoms with van der Waals surface area (Å²) in [6.07, 6.45) is 4.21. The Kier molecular flexibility index (Phi) is 4.38. The fraction of sp³-hybridized carbons (Fsp3) is 0.941. The Morgan fingerprint density at radius 1 is 1.05 bits per heavy atom. The summed E-state index contributed by atoms with van der Waals surface area (Å²) in [5.74, 6) is 2.36. The Bertz CT molecular complexity index is 407. The summed E-state index contributed by atoms with van der Waals surface area (Å²) in [6.45, 7) is 7.80. The molecule has 3 aliphatic heterocycles. The molecule has 1 saturated carbocycles. The number of amides is 1. The van der Waals surface area contributed by atoms with E-state index in [9.17, 15) is 4.79 Å². The molecule has 0 spiro atoms. The third-order valence-electron chi connectivity index (χ3n) is 6.09. The average molecular weight is 308 g/mol. The molecule has 0 aromatic carbocycles. The molecule has 0 N–H and O–H groups in total. The molecule has 0 aromatic heterocycles. The summed E-state index contributed by atoms with van der Waals surface area (Å²) in [5, 5.41) is 0. The minimum atomic E-state index is 0.0724. The largest absolute Gasteiger partial charge is 0.380 e. The van der Waals surface area contributed by atoms with Gasteiger partial charge in [-0.3, -0.25) is 4.79 Å². The van der Waals surface area contributed by atoms with Crippen LogP contribution in [0, 0.1) is 23.7 Å². The lowest BCUT2D eigenvalue weighted by Gasteiger charge is -2.37. The van der Waals surface area contributed by atoms with Gasteiger partial charge in [0.1, 0.15) is 0 Å². The molecule has 0 bridgehead atoms. The summed E-state index contributed by atoms with van der Waals surface area (Å²) in [4.78, 5) is 17.5. The average Bonchev–Trinajstić information content (AvgIpc) is 2.94. The summed E-state index contributed by atoms with van der Waals surface area (Å²) < 4.78 is 11.2. The van der Waals surface area contributed by atoms with Gasteiger partial charge in [0.05, 0.1) is 32.3 Å². The second-order valence-electron chi connectivity index (χ2n) is 7.52. The molecule has 1 aliphatic carbocycles. The number of carbonyl (C=O) groups is 1. The van der Waals surface area contributed by atoms with Crippen LogP contribution in [0.15, 0.2) is 0 Å². The zero-order chi connectivity index (χ0) is 14.9. The van der Waals surface area contributed by atoms with E-state index in [1.165, 1.54) is 25.8 Å². The highest BCUT2D eigenvalue weighted by molar-refractivity contribution is 5.79. The van der Waals surface area contributed by atoms with Gasteiger partial charge >= 0.3 is 0 Å². The maximum Gasteiger partial charge on any atom is 0.228 e. The highest BCUT2D eigenvalue weighted by Crippen LogP contribution is 2.37. The number of rotatable bonds is 3. The van der Waals surface area contributed by atoms with Crippen molar-refractivity contribution in [2.75, 3.05) is 59.2 Å². The number of likely N-dealkylation sites (tertiary alicyclic amines) is 1. The fourth-order valence-corrected chi connectivity index (χ4v) is 4.55. The first-order valence-electron chi connectivity index (χ1n) is 8.98. The van der Waals surface area contributed by atoms with Crippen LogP contribution >= 0.6 is 0 Å². The van der Waals surface area contributed by atoms with E-state index in [1.54, 1.807) is 0 Å². The molecule has 124 valence electrons. The third kappa shape index (κ3) is 2.91. The van der Waals surface area contributed by atoms with Crippen molar-refractivity contribution >= 4 is 5.91 Å². The summed E-state index contributed by atoms with van der Waals surface area (Å²) in [5.41, 5.74) is 0. The lowest BCUT2D eigenvalue weighted by molar-refractivity contribution is -0.148. The van der Waals surface area contributed by atoms with Gasteiger partial charge in [-0.15, -0.1) is 0 Å². The molecule has 0 radical (unpaired) electrons. The number of ether oxygens (including phenoxy) is 2. The zero-order valence-corrected chi connectivity index (χ0v) is 13.4. The van der Waals surface area contributed by atoms with Crippen LogP contribution in [-0.4, -0.2) is 74.9 Å². The van der Waals surface area contributed by atoms with Gasteiger partial charge < -0.3 is 19.3 Å². The monoisotopic (exact) mass is 308 g/mol. The Hall–Kier alpha value is -0.650. The highest BCUT2D eigenvalue weighted by atomic mass is 16.5. The molecule has 3 saturated heterocycles. The summed E-state index contributed by atoms with van der Waals surface area (Å²) in [7, 11) is 0. The number of hydrogen-bond acceptors (Lipinski definition) is 4. The third-order valence-corrected chi connectivity index (χ3v) is 6.09. The van der Waals surface area contributed by atoms with Gasteiger partial charge in [0, 0.05) is 32.7 Å². The van der Waals surface area contributed by atoms with Crippen LogP contribution in [-0.2, 0) is 14.3 Å². The number of nitrogens with zero attached hydrogens (tertiary/aromatic N) is 2. The predicted octanol–water partition coefficient (Wildman–Crippen LogP) is 0.840. The number of hydrogen-bond donors (Lipinski definition) is 0. The van der Waals surface area contributed by atoms with Crippen molar-refractivity contribution in [3.05, 3.63) is 0 Å². The molecule has 0 unspecified atom stereocenters. The van der Waals surface area contributed by atoms with E-state index < -0.39 is 0 Å². The van der Waals surface area contributed by atoms with Crippen molar-refractivity contribution in [1.29, 1.82) is 0 Å². The Morgan fingerprint density at radius 3 is 2.59 bits per heavy atom. The van der Waals surface area contributed by atoms with Crippen molar-refractivity contribution < 1.29 is 14.3 Å². The van der Waals surface area contributed by atoms with Gasteiger partial charge in [-0.1, -0.05) is 6.42 Å². The second kappa shape index (κ2) is 6.46. The molecule has 1 amide bonds. The quantitative estimate of drug-likeness (QED) is 0.775. The lowest BCUT2D eigenvalue weighted by atomic mass is 9.82. The van der Waals surface area contributed by atoms with E-state index in [-0.39, 0.29) is 5.92 Å².